The molecule has 0 radical (unpaired) electrons. The first kappa shape index (κ1) is 12.1. The Balaban J connectivity index is 3.22. The highest BCUT2D eigenvalue weighted by atomic mass is 32.7. The predicted octanol–water partition coefficient (Wildman–Crippen LogP) is 0.232. The summed E-state index contributed by atoms with van der Waals surface area (Å²) in [6.07, 6.45) is 2.24. The second kappa shape index (κ2) is 6.62. The molecule has 0 aromatic rings. The van der Waals surface area contributed by atoms with Crippen molar-refractivity contribution in [2.45, 2.75) is 6.42 Å². The Kier molecular flexibility index (Phi) is 6.70. The topological polar surface area (TPSA) is 95.9 Å². The third kappa shape index (κ3) is 10.1. The van der Waals surface area contributed by atoms with Crippen molar-refractivity contribution in [2.24, 2.45) is 10.7 Å². The van der Waals surface area contributed by atoms with Crippen LogP contribution in [0, 0.1) is 0 Å². The Morgan fingerprint density at radius 1 is 1.58 bits per heavy atom. The van der Waals surface area contributed by atoms with Crippen LogP contribution in [0.3, 0.4) is 0 Å². The van der Waals surface area contributed by atoms with Crippen LogP contribution in [0.4, 0.5) is 0 Å². The van der Waals surface area contributed by atoms with Crippen LogP contribution in [0.2, 0.25) is 0 Å². The molecule has 7 heteroatoms. The van der Waals surface area contributed by atoms with Gasteiger partial charge in [0.25, 0.3) is 0 Å². The van der Waals surface area contributed by atoms with E-state index < -0.39 is 6.80 Å². The van der Waals surface area contributed by atoms with Crippen LogP contribution in [0.15, 0.2) is 4.99 Å². The lowest BCUT2D eigenvalue weighted by Crippen LogP contribution is -1.99. The van der Waals surface area contributed by atoms with Crippen LogP contribution in [-0.4, -0.2) is 34.8 Å². The average molecular weight is 212 g/mol. The smallest absolute Gasteiger partial charge is 0.326 e. The first-order chi connectivity index (χ1) is 5.56. The molecule has 0 aliphatic heterocycles. The van der Waals surface area contributed by atoms with Crippen LogP contribution >= 0.6 is 18.2 Å². The van der Waals surface area contributed by atoms with Crippen molar-refractivity contribution >= 4 is 24.4 Å². The second-order valence-electron chi connectivity index (χ2n) is 2.00. The Morgan fingerprint density at radius 2 is 2.25 bits per heavy atom. The Hall–Kier alpha value is 0.130. The summed E-state index contributed by atoms with van der Waals surface area (Å²) in [7, 11) is 0. The average Bonchev–Trinajstić information content (AvgIpc) is 1.94. The molecule has 0 aromatic carbocycles. The Labute approximate surface area is 75.4 Å². The first-order valence-electron chi connectivity index (χ1n) is 3.44. The monoisotopic (exact) mass is 212 g/mol. The van der Waals surface area contributed by atoms with Crippen molar-refractivity contribution in [3.05, 3.63) is 0 Å². The minimum absolute atomic E-state index is 0.408. The first-order valence-corrected chi connectivity index (χ1v) is 6.65. The molecule has 0 unspecified atom stereocenters. The number of aliphatic imine (C=N–C) groups is 1. The van der Waals surface area contributed by atoms with E-state index in [1.54, 1.807) is 6.21 Å². The minimum atomic E-state index is -3.88. The molecule has 0 bridgehead atoms. The van der Waals surface area contributed by atoms with E-state index in [9.17, 15) is 4.57 Å². The summed E-state index contributed by atoms with van der Waals surface area (Å²) >= 11 is 0.653. The van der Waals surface area contributed by atoms with E-state index in [0.29, 0.717) is 36.6 Å². The van der Waals surface area contributed by atoms with E-state index in [0.717, 1.165) is 0 Å². The minimum Gasteiger partial charge on any atom is -0.326 e. The van der Waals surface area contributed by atoms with Gasteiger partial charge in [-0.1, -0.05) is 0 Å². The summed E-state index contributed by atoms with van der Waals surface area (Å²) in [4.78, 5) is 20.8. The van der Waals surface area contributed by atoms with Crippen molar-refractivity contribution in [3.63, 3.8) is 0 Å². The Morgan fingerprint density at radius 3 is 2.75 bits per heavy atom. The molecule has 0 rings (SSSR count). The number of nitrogens with two attached hydrogens (primary N) is 1. The van der Waals surface area contributed by atoms with Gasteiger partial charge in [0.1, 0.15) is 0 Å². The quantitative estimate of drug-likeness (QED) is 0.333. The van der Waals surface area contributed by atoms with Gasteiger partial charge in [0.05, 0.1) is 0 Å². The van der Waals surface area contributed by atoms with Crippen molar-refractivity contribution in [1.29, 1.82) is 0 Å². The zero-order valence-electron chi connectivity index (χ0n) is 6.59. The molecule has 5 nitrogen and oxygen atoms in total. The van der Waals surface area contributed by atoms with E-state index in [1.807, 2.05) is 0 Å². The summed E-state index contributed by atoms with van der Waals surface area (Å²) < 4.78 is 10.3. The zero-order valence-corrected chi connectivity index (χ0v) is 8.30. The summed E-state index contributed by atoms with van der Waals surface area (Å²) in [6, 6.07) is 0. The normalized spacial score (nSPS) is 12.6. The van der Waals surface area contributed by atoms with E-state index in [2.05, 4.69) is 4.99 Å². The van der Waals surface area contributed by atoms with Gasteiger partial charge in [-0.3, -0.25) is 4.99 Å². The molecular formula is C5H13N2O3PS. The van der Waals surface area contributed by atoms with E-state index in [1.165, 1.54) is 0 Å². The van der Waals surface area contributed by atoms with Gasteiger partial charge in [0, 0.05) is 25.1 Å². The molecular weight excluding hydrogens is 199 g/mol. The third-order valence-corrected chi connectivity index (χ3v) is 3.29. The van der Waals surface area contributed by atoms with Gasteiger partial charge in [-0.2, -0.15) is 0 Å². The molecule has 12 heavy (non-hydrogen) atoms. The molecule has 0 heterocycles. The van der Waals surface area contributed by atoms with Gasteiger partial charge >= 0.3 is 6.80 Å². The molecule has 0 amide bonds. The fraction of sp³-hybridized carbons (Fsp3) is 0.800. The van der Waals surface area contributed by atoms with Crippen LogP contribution in [0.25, 0.3) is 0 Å². The van der Waals surface area contributed by atoms with Crippen LogP contribution in [0.5, 0.6) is 0 Å². The molecule has 0 aliphatic carbocycles. The SMILES string of the molecule is NCC=NCCCSP(=O)(O)O. The highest BCUT2D eigenvalue weighted by molar-refractivity contribution is 8.54. The fourth-order valence-electron chi connectivity index (χ4n) is 0.505. The van der Waals surface area contributed by atoms with E-state index in [4.69, 9.17) is 15.5 Å². The Bertz CT molecular complexity index is 182. The number of rotatable bonds is 6. The van der Waals surface area contributed by atoms with Gasteiger partial charge in [-0.25, -0.2) is 4.57 Å². The third-order valence-electron chi connectivity index (χ3n) is 0.926. The van der Waals surface area contributed by atoms with Gasteiger partial charge in [-0.15, -0.1) is 0 Å². The van der Waals surface area contributed by atoms with Crippen molar-refractivity contribution in [2.75, 3.05) is 18.8 Å². The number of nitrogens with zero attached hydrogens (tertiary/aromatic N) is 1. The van der Waals surface area contributed by atoms with Crippen molar-refractivity contribution in [3.8, 4) is 0 Å². The van der Waals surface area contributed by atoms with Crippen molar-refractivity contribution < 1.29 is 14.4 Å². The molecule has 0 spiro atoms. The molecule has 0 fully saturated rings. The van der Waals surface area contributed by atoms with Crippen LogP contribution in [0.1, 0.15) is 6.42 Å². The fourth-order valence-corrected chi connectivity index (χ4v) is 2.10. The molecule has 0 saturated heterocycles. The summed E-state index contributed by atoms with van der Waals surface area (Å²) in [6.45, 7) is -2.90. The van der Waals surface area contributed by atoms with Crippen LogP contribution in [-0.2, 0) is 4.57 Å². The number of hydrogen-bond acceptors (Lipinski definition) is 4. The summed E-state index contributed by atoms with van der Waals surface area (Å²) in [5.41, 5.74) is 5.13. The van der Waals surface area contributed by atoms with Crippen molar-refractivity contribution in [1.82, 2.24) is 0 Å². The summed E-state index contributed by atoms with van der Waals surface area (Å²) in [5, 5.41) is 0. The van der Waals surface area contributed by atoms with E-state index in [-0.39, 0.29) is 0 Å². The highest BCUT2D eigenvalue weighted by Crippen LogP contribution is 2.50. The van der Waals surface area contributed by atoms with Gasteiger partial charge < -0.3 is 15.5 Å². The largest absolute Gasteiger partial charge is 0.383 e. The molecule has 0 aromatic heterocycles. The predicted molar refractivity (Wildman–Crippen MR) is 51.5 cm³/mol. The summed E-state index contributed by atoms with van der Waals surface area (Å²) in [5.74, 6) is 0.423. The zero-order chi connectivity index (χ0) is 9.45. The van der Waals surface area contributed by atoms with Gasteiger partial charge in [0.2, 0.25) is 0 Å². The van der Waals surface area contributed by atoms with Gasteiger partial charge in [0.15, 0.2) is 0 Å². The molecule has 0 atom stereocenters. The highest BCUT2D eigenvalue weighted by Gasteiger charge is 2.11. The maximum absolute atomic E-state index is 10.3. The lowest BCUT2D eigenvalue weighted by atomic mass is 10.5. The van der Waals surface area contributed by atoms with Crippen LogP contribution < -0.4 is 5.73 Å². The molecule has 0 saturated carbocycles. The standard InChI is InChI=1S/C5H13N2O3PS/c6-2-4-7-3-1-5-12-11(8,9)10/h4H,1-3,5-6H2,(H2,8,9,10). The maximum Gasteiger partial charge on any atom is 0.383 e. The maximum atomic E-state index is 10.3. The lowest BCUT2D eigenvalue weighted by molar-refractivity contribution is 0.397. The second-order valence-corrected chi connectivity index (χ2v) is 5.85. The van der Waals surface area contributed by atoms with Gasteiger partial charge in [-0.05, 0) is 17.8 Å². The van der Waals surface area contributed by atoms with E-state index >= 15 is 0 Å². The molecule has 4 N–H and O–H groups in total. The number of hydrogen-bond donors (Lipinski definition) is 3. The lowest BCUT2D eigenvalue weighted by Gasteiger charge is -2.00. The molecule has 72 valence electrons. The molecule has 0 aliphatic rings.